The lowest BCUT2D eigenvalue weighted by atomic mass is 10.3. The Kier molecular flexibility index (Phi) is 3.61. The quantitative estimate of drug-likeness (QED) is 0.646. The Balaban J connectivity index is 1.82. The van der Waals surface area contributed by atoms with Crippen molar-refractivity contribution in [2.75, 3.05) is 6.54 Å². The maximum Gasteiger partial charge on any atom is 0.193 e. The normalized spacial score (nSPS) is 13.5. The van der Waals surface area contributed by atoms with Gasteiger partial charge in [0.1, 0.15) is 0 Å². The number of fused-ring (bicyclic) bond motifs is 1. The summed E-state index contributed by atoms with van der Waals surface area (Å²) < 4.78 is 2.05. The highest BCUT2D eigenvalue weighted by Crippen LogP contribution is 2.11. The van der Waals surface area contributed by atoms with E-state index in [0.717, 1.165) is 30.2 Å². The second kappa shape index (κ2) is 4.96. The molecule has 0 saturated carbocycles. The number of hydrogen-bond acceptors (Lipinski definition) is 3. The minimum absolute atomic E-state index is 0.239. The van der Waals surface area contributed by atoms with Crippen LogP contribution in [0.5, 0.6) is 0 Å². The van der Waals surface area contributed by atoms with Crippen molar-refractivity contribution in [3.8, 4) is 0 Å². The largest absolute Gasteiger partial charge is 0.311 e. The molecule has 82 valence electrons. The highest BCUT2D eigenvalue weighted by molar-refractivity contribution is 7.15. The molecule has 0 aliphatic heterocycles. The molecule has 1 atom stereocenters. The van der Waals surface area contributed by atoms with Crippen LogP contribution in [0.4, 0.5) is 0 Å². The molecule has 0 bridgehead atoms. The topological polar surface area (TPSA) is 29.3 Å². The molecule has 0 radical (unpaired) electrons. The van der Waals surface area contributed by atoms with E-state index in [1.807, 2.05) is 22.9 Å². The van der Waals surface area contributed by atoms with E-state index in [-0.39, 0.29) is 5.38 Å². The van der Waals surface area contributed by atoms with Gasteiger partial charge in [-0.1, -0.05) is 0 Å². The van der Waals surface area contributed by atoms with E-state index in [2.05, 4.69) is 16.5 Å². The first-order valence-corrected chi connectivity index (χ1v) is 6.33. The molecule has 0 aliphatic rings. The number of rotatable bonds is 5. The van der Waals surface area contributed by atoms with Crippen LogP contribution >= 0.6 is 22.9 Å². The number of nitrogens with zero attached hydrogens (tertiary/aromatic N) is 2. The van der Waals surface area contributed by atoms with Gasteiger partial charge in [-0.2, -0.15) is 0 Å². The van der Waals surface area contributed by atoms with Gasteiger partial charge in [-0.25, -0.2) is 4.98 Å². The lowest BCUT2D eigenvalue weighted by Crippen LogP contribution is -2.17. The second-order valence-corrected chi connectivity index (χ2v) is 5.19. The number of halogens is 1. The zero-order valence-electron chi connectivity index (χ0n) is 8.61. The van der Waals surface area contributed by atoms with Gasteiger partial charge in [-0.05, 0) is 19.9 Å². The molecule has 1 unspecified atom stereocenters. The zero-order chi connectivity index (χ0) is 10.7. The van der Waals surface area contributed by atoms with Gasteiger partial charge in [0.25, 0.3) is 0 Å². The molecule has 5 heteroatoms. The van der Waals surface area contributed by atoms with Gasteiger partial charge in [-0.15, -0.1) is 22.9 Å². The van der Waals surface area contributed by atoms with Crippen LogP contribution in [0.25, 0.3) is 4.96 Å². The maximum atomic E-state index is 5.85. The number of nitrogens with one attached hydrogen (secondary N) is 1. The van der Waals surface area contributed by atoms with Gasteiger partial charge < -0.3 is 5.32 Å². The first-order chi connectivity index (χ1) is 7.25. The van der Waals surface area contributed by atoms with Crippen LogP contribution in [0.3, 0.4) is 0 Å². The summed E-state index contributed by atoms with van der Waals surface area (Å²) in [6.07, 6.45) is 5.07. The van der Waals surface area contributed by atoms with Gasteiger partial charge in [0.05, 0.1) is 5.69 Å². The Morgan fingerprint density at radius 2 is 2.53 bits per heavy atom. The first kappa shape index (κ1) is 10.9. The van der Waals surface area contributed by atoms with Crippen molar-refractivity contribution >= 4 is 27.9 Å². The van der Waals surface area contributed by atoms with Crippen LogP contribution in [0.1, 0.15) is 19.0 Å². The van der Waals surface area contributed by atoms with E-state index in [9.17, 15) is 0 Å². The summed E-state index contributed by atoms with van der Waals surface area (Å²) in [6.45, 7) is 3.77. The Hall–Kier alpha value is -0.580. The summed E-state index contributed by atoms with van der Waals surface area (Å²) >= 11 is 7.50. The molecular weight excluding hydrogens is 230 g/mol. The number of hydrogen-bond donors (Lipinski definition) is 1. The number of alkyl halides is 1. The van der Waals surface area contributed by atoms with Crippen molar-refractivity contribution in [2.45, 2.75) is 25.3 Å². The molecule has 2 aromatic rings. The summed E-state index contributed by atoms with van der Waals surface area (Å²) in [5.41, 5.74) is 1.09. The van der Waals surface area contributed by atoms with E-state index in [1.165, 1.54) is 0 Å². The van der Waals surface area contributed by atoms with Gasteiger partial charge in [0, 0.05) is 29.7 Å². The van der Waals surface area contributed by atoms with Crippen molar-refractivity contribution < 1.29 is 0 Å². The van der Waals surface area contributed by atoms with Crippen molar-refractivity contribution in [3.05, 3.63) is 23.5 Å². The van der Waals surface area contributed by atoms with Crippen molar-refractivity contribution in [1.82, 2.24) is 14.7 Å². The summed E-state index contributed by atoms with van der Waals surface area (Å²) in [6, 6.07) is 0. The summed E-state index contributed by atoms with van der Waals surface area (Å²) in [4.78, 5) is 5.53. The molecule has 2 rings (SSSR count). The minimum atomic E-state index is 0.239. The average Bonchev–Trinajstić information content (AvgIpc) is 2.71. The molecule has 15 heavy (non-hydrogen) atoms. The molecule has 2 aromatic heterocycles. The molecule has 0 fully saturated rings. The predicted octanol–water partition coefficient (Wildman–Crippen LogP) is 2.50. The highest BCUT2D eigenvalue weighted by Gasteiger charge is 2.02. The molecular formula is C10H14ClN3S. The number of thiazole rings is 1. The highest BCUT2D eigenvalue weighted by atomic mass is 35.5. The van der Waals surface area contributed by atoms with Crippen LogP contribution < -0.4 is 5.32 Å². The Morgan fingerprint density at radius 3 is 3.27 bits per heavy atom. The van der Waals surface area contributed by atoms with Gasteiger partial charge in [0.15, 0.2) is 4.96 Å². The summed E-state index contributed by atoms with van der Waals surface area (Å²) in [5.74, 6) is 0. The van der Waals surface area contributed by atoms with Crippen molar-refractivity contribution in [2.24, 2.45) is 0 Å². The third-order valence-electron chi connectivity index (χ3n) is 2.17. The molecule has 2 heterocycles. The van der Waals surface area contributed by atoms with Crippen LogP contribution in [-0.4, -0.2) is 21.3 Å². The summed E-state index contributed by atoms with van der Waals surface area (Å²) in [7, 11) is 0. The van der Waals surface area contributed by atoms with E-state index in [1.54, 1.807) is 11.3 Å². The lowest BCUT2D eigenvalue weighted by molar-refractivity contribution is 0.638. The van der Waals surface area contributed by atoms with Crippen molar-refractivity contribution in [3.63, 3.8) is 0 Å². The fourth-order valence-corrected chi connectivity index (χ4v) is 2.21. The van der Waals surface area contributed by atoms with Crippen LogP contribution in [-0.2, 0) is 6.54 Å². The van der Waals surface area contributed by atoms with E-state index in [4.69, 9.17) is 11.6 Å². The number of aromatic nitrogens is 2. The number of imidazole rings is 1. The van der Waals surface area contributed by atoms with Crippen LogP contribution in [0.2, 0.25) is 0 Å². The minimum Gasteiger partial charge on any atom is -0.311 e. The molecule has 3 nitrogen and oxygen atoms in total. The van der Waals surface area contributed by atoms with Gasteiger partial charge in [0.2, 0.25) is 0 Å². The van der Waals surface area contributed by atoms with Crippen LogP contribution in [0, 0.1) is 0 Å². The van der Waals surface area contributed by atoms with E-state index < -0.39 is 0 Å². The van der Waals surface area contributed by atoms with E-state index in [0.29, 0.717) is 0 Å². The smallest absolute Gasteiger partial charge is 0.193 e. The molecule has 0 aromatic carbocycles. The second-order valence-electron chi connectivity index (χ2n) is 3.57. The molecule has 0 aliphatic carbocycles. The Morgan fingerprint density at radius 1 is 1.67 bits per heavy atom. The van der Waals surface area contributed by atoms with Gasteiger partial charge >= 0.3 is 0 Å². The lowest BCUT2D eigenvalue weighted by Gasteiger charge is -2.03. The van der Waals surface area contributed by atoms with Crippen molar-refractivity contribution in [1.29, 1.82) is 0 Å². The molecule has 0 amide bonds. The fraction of sp³-hybridized carbons (Fsp3) is 0.500. The van der Waals surface area contributed by atoms with Gasteiger partial charge in [-0.3, -0.25) is 4.40 Å². The third-order valence-corrected chi connectivity index (χ3v) is 3.16. The third kappa shape index (κ3) is 2.93. The SMILES string of the molecule is CC(Cl)CCNCc1cn2ccsc2n1. The summed E-state index contributed by atoms with van der Waals surface area (Å²) in [5, 5.41) is 5.60. The predicted molar refractivity (Wildman–Crippen MR) is 64.7 cm³/mol. The zero-order valence-corrected chi connectivity index (χ0v) is 10.2. The maximum absolute atomic E-state index is 5.85. The Bertz CT molecular complexity index is 392. The molecule has 0 spiro atoms. The first-order valence-electron chi connectivity index (χ1n) is 5.01. The molecule has 1 N–H and O–H groups in total. The monoisotopic (exact) mass is 243 g/mol. The standard InChI is InChI=1S/C10H14ClN3S/c1-8(11)2-3-12-6-9-7-14-4-5-15-10(14)13-9/h4-5,7-8,12H,2-3,6H2,1H3. The Labute approximate surface area is 98.1 Å². The molecule has 0 saturated heterocycles. The fourth-order valence-electron chi connectivity index (χ4n) is 1.38. The van der Waals surface area contributed by atoms with Crippen LogP contribution in [0.15, 0.2) is 17.8 Å². The van der Waals surface area contributed by atoms with E-state index >= 15 is 0 Å². The average molecular weight is 244 g/mol.